The molecule has 0 bridgehead atoms. The number of hydrogen-bond donors (Lipinski definition) is 5. The van der Waals surface area contributed by atoms with Crippen molar-refractivity contribution in [1.29, 1.82) is 0 Å². The van der Waals surface area contributed by atoms with Crippen molar-refractivity contribution in [2.24, 2.45) is 0 Å². The average Bonchev–Trinajstić information content (AvgIpc) is 3.21. The number of aromatic hydroxyl groups is 4. The molecule has 6 nitrogen and oxygen atoms in total. The molecular formula is C44H84B2O6. The van der Waals surface area contributed by atoms with Gasteiger partial charge in [-0.2, -0.15) is 0 Å². The summed E-state index contributed by atoms with van der Waals surface area (Å²) in [5.41, 5.74) is 0. The van der Waals surface area contributed by atoms with Crippen molar-refractivity contribution in [2.45, 2.75) is 117 Å². The average molecular weight is 731 g/mol. The van der Waals surface area contributed by atoms with Gasteiger partial charge in [-0.1, -0.05) is 190 Å². The summed E-state index contributed by atoms with van der Waals surface area (Å²) in [6.07, 6.45) is 1.25. The molecule has 0 saturated heterocycles. The number of benzene rings is 4. The van der Waals surface area contributed by atoms with Crippen molar-refractivity contribution in [3.8, 4) is 23.0 Å². The van der Waals surface area contributed by atoms with Crippen LogP contribution in [0.5, 0.6) is 23.0 Å². The maximum absolute atomic E-state index is 8.63. The van der Waals surface area contributed by atoms with E-state index >= 15 is 0 Å². The van der Waals surface area contributed by atoms with E-state index in [1.807, 2.05) is 121 Å². The third-order valence-corrected chi connectivity index (χ3v) is 3.02. The molecule has 4 aromatic rings. The fourth-order valence-corrected chi connectivity index (χ4v) is 1.71. The summed E-state index contributed by atoms with van der Waals surface area (Å²) >= 11 is 0. The first kappa shape index (κ1) is 81.9. The van der Waals surface area contributed by atoms with E-state index in [9.17, 15) is 0 Å². The van der Waals surface area contributed by atoms with Gasteiger partial charge >= 0.3 is 0 Å². The molecule has 0 spiro atoms. The van der Waals surface area contributed by atoms with Crippen LogP contribution >= 0.6 is 0 Å². The van der Waals surface area contributed by atoms with Crippen LogP contribution in [0.3, 0.4) is 0 Å². The number of phenolic OH excluding ortho intramolecular Hbond substituents is 4. The smallest absolute Gasteiger partial charge is 0.115 e. The van der Waals surface area contributed by atoms with Gasteiger partial charge in [-0.25, -0.2) is 0 Å². The Kier molecular flexibility index (Phi) is 174. The fourth-order valence-electron chi connectivity index (χ4n) is 1.71. The zero-order chi connectivity index (χ0) is 41.9. The minimum atomic E-state index is 0. The van der Waals surface area contributed by atoms with Crippen molar-refractivity contribution >= 4 is 16.8 Å². The van der Waals surface area contributed by atoms with E-state index in [0.717, 1.165) is 7.11 Å². The Morgan fingerprint density at radius 1 is 0.327 bits per heavy atom. The molecule has 6 radical (unpaired) electrons. The topological polar surface area (TPSA) is 110 Å². The van der Waals surface area contributed by atoms with Crippen LogP contribution in [0.15, 0.2) is 121 Å². The Balaban J connectivity index is -0.0000000346. The van der Waals surface area contributed by atoms with Gasteiger partial charge in [0.05, 0.1) is 0 Å². The van der Waals surface area contributed by atoms with Gasteiger partial charge in [0, 0.05) is 38.2 Å². The van der Waals surface area contributed by atoms with E-state index in [2.05, 4.69) is 18.6 Å². The van der Waals surface area contributed by atoms with E-state index in [4.69, 9.17) is 25.5 Å². The highest BCUT2D eigenvalue weighted by Gasteiger charge is 1.76. The zero-order valence-corrected chi connectivity index (χ0v) is 37.1. The normalized spacial score (nSPS) is 6.23. The van der Waals surface area contributed by atoms with Gasteiger partial charge in [0.2, 0.25) is 0 Å². The number of ether oxygens (including phenoxy) is 1. The number of aliphatic hydroxyl groups excluding tert-OH is 1. The quantitative estimate of drug-likeness (QED) is 0.115. The molecule has 52 heavy (non-hydrogen) atoms. The van der Waals surface area contributed by atoms with Gasteiger partial charge in [-0.15, -0.1) is 0 Å². The maximum Gasteiger partial charge on any atom is 0.115 e. The molecule has 5 N–H and O–H groups in total. The Labute approximate surface area is 329 Å². The molecule has 0 saturated carbocycles. The van der Waals surface area contributed by atoms with Gasteiger partial charge in [0.15, 0.2) is 0 Å². The van der Waals surface area contributed by atoms with Gasteiger partial charge < -0.3 is 30.3 Å². The summed E-state index contributed by atoms with van der Waals surface area (Å²) in [6, 6.07) is 34.9. The zero-order valence-electron chi connectivity index (χ0n) is 37.1. The molecule has 4 aromatic carbocycles. The van der Waals surface area contributed by atoms with E-state index in [1.54, 1.807) is 111 Å². The molecule has 0 aliphatic carbocycles. The second-order valence-electron chi connectivity index (χ2n) is 6.46. The predicted molar refractivity (Wildman–Crippen MR) is 240 cm³/mol. The number of para-hydroxylation sites is 4. The minimum Gasteiger partial charge on any atom is -0.508 e. The van der Waals surface area contributed by atoms with Crippen LogP contribution < -0.4 is 0 Å². The summed E-state index contributed by atoms with van der Waals surface area (Å²) in [5, 5.41) is 41.5. The molecule has 8 heteroatoms. The van der Waals surface area contributed by atoms with Crippen molar-refractivity contribution in [3.05, 3.63) is 121 Å². The number of aliphatic hydroxyl groups is 1. The second kappa shape index (κ2) is 110. The highest BCUT2D eigenvalue weighted by Crippen LogP contribution is 2.04. The van der Waals surface area contributed by atoms with Crippen LogP contribution in [-0.4, -0.2) is 63.7 Å². The predicted octanol–water partition coefficient (Wildman–Crippen LogP) is 13.3. The first-order chi connectivity index (χ1) is 24.4. The summed E-state index contributed by atoms with van der Waals surface area (Å²) in [6.45, 7) is 32.2. The summed E-state index contributed by atoms with van der Waals surface area (Å²) in [7, 11) is 4.25. The second-order valence-corrected chi connectivity index (χ2v) is 6.46. The van der Waals surface area contributed by atoms with Crippen LogP contribution in [-0.2, 0) is 4.74 Å². The molecule has 0 unspecified atom stereocenters. The van der Waals surface area contributed by atoms with Gasteiger partial charge in [0.25, 0.3) is 0 Å². The maximum atomic E-state index is 8.63. The van der Waals surface area contributed by atoms with Crippen LogP contribution in [0.25, 0.3) is 0 Å². The van der Waals surface area contributed by atoms with Crippen LogP contribution in [0.2, 0.25) is 0 Å². The first-order valence-corrected chi connectivity index (χ1v) is 18.2. The van der Waals surface area contributed by atoms with Crippen molar-refractivity contribution in [1.82, 2.24) is 0 Å². The molecule has 0 aliphatic rings. The molecule has 0 fully saturated rings. The van der Waals surface area contributed by atoms with E-state index in [1.165, 1.54) is 6.42 Å². The molecule has 302 valence electrons. The Morgan fingerprint density at radius 2 is 0.404 bits per heavy atom. The largest absolute Gasteiger partial charge is 0.508 e. The first-order valence-electron chi connectivity index (χ1n) is 18.2. The number of hydrogen-bond acceptors (Lipinski definition) is 6. The summed E-state index contributed by atoms with van der Waals surface area (Å²) < 4.78 is 4.25. The SMILES string of the molecule is CC.CC.CC.CC.CC.CC.CC.CCC.CO.COC.Oc1ccccc1.Oc1ccccc1.Oc1ccccc1.Oc1ccccc1.[B].[B]. The summed E-state index contributed by atoms with van der Waals surface area (Å²) in [4.78, 5) is 0. The molecular weight excluding hydrogens is 646 g/mol. The van der Waals surface area contributed by atoms with E-state index in [-0.39, 0.29) is 16.8 Å². The Bertz CT molecular complexity index is 737. The molecule has 0 aliphatic heterocycles. The molecule has 4 rings (SSSR count). The minimum absolute atomic E-state index is 0. The highest BCUT2D eigenvalue weighted by atomic mass is 16.4. The Morgan fingerprint density at radius 3 is 0.442 bits per heavy atom. The molecule has 0 atom stereocenters. The standard InChI is InChI=1S/4C6H6O.C3H8.C2H6O.7C2H6.CH4O.2B/c4*7-6-4-2-1-3-5-6;2*1-3-2;8*1-2;;/h4*1-5,7H;3H2,1-2H3;1-2H3;7*1-2H3;2H,1H3;;. The molecule has 0 heterocycles. The van der Waals surface area contributed by atoms with Crippen LogP contribution in [0, 0.1) is 0 Å². The third-order valence-electron chi connectivity index (χ3n) is 3.02. The number of rotatable bonds is 0. The lowest BCUT2D eigenvalue weighted by molar-refractivity contribution is 0.277. The van der Waals surface area contributed by atoms with Crippen molar-refractivity contribution in [2.75, 3.05) is 21.3 Å². The fraction of sp³-hybridized carbons (Fsp3) is 0.455. The lowest BCUT2D eigenvalue weighted by Gasteiger charge is -1.82. The van der Waals surface area contributed by atoms with Gasteiger partial charge in [-0.3, -0.25) is 0 Å². The van der Waals surface area contributed by atoms with Gasteiger partial charge in [-0.05, 0) is 48.5 Å². The lowest BCUT2D eigenvalue weighted by Crippen LogP contribution is -1.56. The van der Waals surface area contributed by atoms with Crippen LogP contribution in [0.4, 0.5) is 0 Å². The van der Waals surface area contributed by atoms with Crippen molar-refractivity contribution in [3.63, 3.8) is 0 Å². The number of methoxy groups -OCH3 is 1. The Hall–Kier alpha value is -3.87. The molecule has 0 amide bonds. The van der Waals surface area contributed by atoms with Gasteiger partial charge in [0.1, 0.15) is 23.0 Å². The van der Waals surface area contributed by atoms with E-state index in [0.29, 0.717) is 23.0 Å². The monoisotopic (exact) mass is 731 g/mol. The van der Waals surface area contributed by atoms with E-state index < -0.39 is 0 Å². The van der Waals surface area contributed by atoms with Crippen molar-refractivity contribution < 1.29 is 30.3 Å². The third kappa shape index (κ3) is 119. The lowest BCUT2D eigenvalue weighted by atomic mass is 10.3. The number of phenols is 4. The highest BCUT2D eigenvalue weighted by molar-refractivity contribution is 5.76. The summed E-state index contributed by atoms with van der Waals surface area (Å²) in [5.74, 6) is 1.29. The molecule has 0 aromatic heterocycles. The van der Waals surface area contributed by atoms with Crippen LogP contribution in [0.1, 0.15) is 117 Å².